The fourth-order valence-electron chi connectivity index (χ4n) is 1.78. The summed E-state index contributed by atoms with van der Waals surface area (Å²) in [5.41, 5.74) is 0.496. The van der Waals surface area contributed by atoms with Crippen molar-refractivity contribution in [1.82, 2.24) is 10.1 Å². The van der Waals surface area contributed by atoms with Crippen molar-refractivity contribution in [2.75, 3.05) is 0 Å². The van der Waals surface area contributed by atoms with Gasteiger partial charge in [0.15, 0.2) is 5.82 Å². The lowest BCUT2D eigenvalue weighted by molar-refractivity contribution is -0.386. The van der Waals surface area contributed by atoms with Gasteiger partial charge in [-0.3, -0.25) is 10.1 Å². The van der Waals surface area contributed by atoms with Crippen molar-refractivity contribution in [3.05, 3.63) is 45.6 Å². The van der Waals surface area contributed by atoms with Crippen molar-refractivity contribution in [1.29, 1.82) is 0 Å². The molecule has 1 atom stereocenters. The lowest BCUT2D eigenvalue weighted by atomic mass is 10.0. The van der Waals surface area contributed by atoms with Crippen LogP contribution in [0.2, 0.25) is 0 Å². The second-order valence-electron chi connectivity index (χ2n) is 3.62. The molecule has 1 aliphatic rings. The standard InChI is InChI=1S/C10H7N3O4/c1-5-11-10(17-12-5)9-8-6(13(14)15)3-2-4-7(8)16-9/h2-4,9H,1H3. The van der Waals surface area contributed by atoms with Gasteiger partial charge in [0.25, 0.3) is 11.6 Å². The molecule has 7 heteroatoms. The van der Waals surface area contributed by atoms with Crippen LogP contribution in [0.1, 0.15) is 23.4 Å². The van der Waals surface area contributed by atoms with Crippen LogP contribution in [0.4, 0.5) is 5.69 Å². The molecule has 1 aromatic heterocycles. The molecule has 0 fully saturated rings. The molecule has 17 heavy (non-hydrogen) atoms. The summed E-state index contributed by atoms with van der Waals surface area (Å²) in [5, 5.41) is 14.5. The Morgan fingerprint density at radius 1 is 1.47 bits per heavy atom. The number of nitro benzene ring substituents is 1. The van der Waals surface area contributed by atoms with Crippen molar-refractivity contribution in [3.63, 3.8) is 0 Å². The Hall–Kier alpha value is -2.44. The summed E-state index contributed by atoms with van der Waals surface area (Å²) in [6.45, 7) is 1.67. The summed E-state index contributed by atoms with van der Waals surface area (Å²) >= 11 is 0. The number of fused-ring (bicyclic) bond motifs is 1. The Labute approximate surface area is 95.2 Å². The van der Waals surface area contributed by atoms with Gasteiger partial charge in [0, 0.05) is 6.07 Å². The minimum atomic E-state index is -0.632. The number of hydrogen-bond acceptors (Lipinski definition) is 6. The Morgan fingerprint density at radius 3 is 2.94 bits per heavy atom. The zero-order valence-electron chi connectivity index (χ0n) is 8.78. The van der Waals surface area contributed by atoms with Gasteiger partial charge in [0.2, 0.25) is 6.10 Å². The number of hydrogen-bond donors (Lipinski definition) is 0. The van der Waals surface area contributed by atoms with E-state index < -0.39 is 11.0 Å². The molecule has 1 unspecified atom stereocenters. The highest BCUT2D eigenvalue weighted by Gasteiger charge is 2.40. The molecule has 0 bridgehead atoms. The maximum absolute atomic E-state index is 10.9. The second-order valence-corrected chi connectivity index (χ2v) is 3.62. The molecule has 3 rings (SSSR count). The first-order valence-corrected chi connectivity index (χ1v) is 4.91. The molecular weight excluding hydrogens is 226 g/mol. The lowest BCUT2D eigenvalue weighted by Crippen LogP contribution is -2.22. The normalized spacial score (nSPS) is 16.9. The number of nitrogens with zero attached hydrogens (tertiary/aromatic N) is 3. The quantitative estimate of drug-likeness (QED) is 0.579. The van der Waals surface area contributed by atoms with Crippen molar-refractivity contribution in [2.45, 2.75) is 13.0 Å². The second kappa shape index (κ2) is 3.27. The van der Waals surface area contributed by atoms with E-state index in [0.29, 0.717) is 17.1 Å². The molecule has 0 N–H and O–H groups in total. The molecule has 0 saturated carbocycles. The summed E-state index contributed by atoms with van der Waals surface area (Å²) in [4.78, 5) is 14.4. The average Bonchev–Trinajstić information content (AvgIpc) is 2.66. The molecule has 2 heterocycles. The molecule has 0 spiro atoms. The Morgan fingerprint density at radius 2 is 2.29 bits per heavy atom. The fraction of sp³-hybridized carbons (Fsp3) is 0.200. The lowest BCUT2D eigenvalue weighted by Gasteiger charge is -2.27. The van der Waals surface area contributed by atoms with Gasteiger partial charge in [-0.25, -0.2) is 0 Å². The third-order valence-electron chi connectivity index (χ3n) is 2.51. The molecule has 0 aliphatic carbocycles. The summed E-state index contributed by atoms with van der Waals surface area (Å²) < 4.78 is 10.3. The van der Waals surface area contributed by atoms with Crippen LogP contribution in [0.3, 0.4) is 0 Å². The molecular formula is C10H7N3O4. The summed E-state index contributed by atoms with van der Waals surface area (Å²) in [6, 6.07) is 4.67. The summed E-state index contributed by atoms with van der Waals surface area (Å²) in [6.07, 6.45) is -0.632. The smallest absolute Gasteiger partial charge is 0.280 e. The van der Waals surface area contributed by atoms with Crippen molar-refractivity contribution in [3.8, 4) is 5.75 Å². The monoisotopic (exact) mass is 233 g/mol. The van der Waals surface area contributed by atoms with E-state index >= 15 is 0 Å². The number of aryl methyl sites for hydroxylation is 1. The third kappa shape index (κ3) is 1.36. The third-order valence-corrected chi connectivity index (χ3v) is 2.51. The SMILES string of the molecule is Cc1noc(C2Oc3cccc([N+](=O)[O-])c32)n1. The molecule has 0 radical (unpaired) electrons. The van der Waals surface area contributed by atoms with Gasteiger partial charge in [0.1, 0.15) is 11.3 Å². The van der Waals surface area contributed by atoms with Gasteiger partial charge >= 0.3 is 0 Å². The van der Waals surface area contributed by atoms with E-state index in [2.05, 4.69) is 10.1 Å². The predicted molar refractivity (Wildman–Crippen MR) is 54.6 cm³/mol. The van der Waals surface area contributed by atoms with Crippen LogP contribution in [0.25, 0.3) is 0 Å². The van der Waals surface area contributed by atoms with Crippen LogP contribution in [-0.4, -0.2) is 15.1 Å². The first-order chi connectivity index (χ1) is 8.16. The van der Waals surface area contributed by atoms with E-state index in [1.54, 1.807) is 19.1 Å². The van der Waals surface area contributed by atoms with Gasteiger partial charge in [-0.1, -0.05) is 11.2 Å². The number of nitro groups is 1. The van der Waals surface area contributed by atoms with E-state index in [1.807, 2.05) is 0 Å². The van der Waals surface area contributed by atoms with Crippen molar-refractivity contribution >= 4 is 5.69 Å². The number of rotatable bonds is 2. The van der Waals surface area contributed by atoms with E-state index in [4.69, 9.17) is 9.26 Å². The van der Waals surface area contributed by atoms with Crippen LogP contribution in [-0.2, 0) is 0 Å². The zero-order chi connectivity index (χ0) is 12.0. The molecule has 0 saturated heterocycles. The number of benzene rings is 1. The van der Waals surface area contributed by atoms with Gasteiger partial charge in [-0.05, 0) is 13.0 Å². The van der Waals surface area contributed by atoms with Gasteiger partial charge < -0.3 is 9.26 Å². The minimum Gasteiger partial charge on any atom is -0.475 e. The number of aromatic nitrogens is 2. The Bertz CT molecular complexity index is 607. The average molecular weight is 233 g/mol. The first-order valence-electron chi connectivity index (χ1n) is 4.91. The number of ether oxygens (including phenoxy) is 1. The summed E-state index contributed by atoms with van der Waals surface area (Å²) in [5.74, 6) is 1.19. The molecule has 2 aromatic rings. The van der Waals surface area contributed by atoms with Crippen LogP contribution in [0.5, 0.6) is 5.75 Å². The molecule has 7 nitrogen and oxygen atoms in total. The van der Waals surface area contributed by atoms with Crippen LogP contribution in [0.15, 0.2) is 22.7 Å². The molecule has 0 amide bonds. The highest BCUT2D eigenvalue weighted by atomic mass is 16.6. The highest BCUT2D eigenvalue weighted by molar-refractivity contribution is 5.57. The topological polar surface area (TPSA) is 91.3 Å². The minimum absolute atomic E-state index is 0.00889. The molecule has 1 aromatic carbocycles. The highest BCUT2D eigenvalue weighted by Crippen LogP contribution is 2.47. The van der Waals surface area contributed by atoms with E-state index in [0.717, 1.165) is 0 Å². The van der Waals surface area contributed by atoms with Crippen LogP contribution in [0, 0.1) is 17.0 Å². The Kier molecular flexibility index (Phi) is 1.88. The zero-order valence-corrected chi connectivity index (χ0v) is 8.78. The van der Waals surface area contributed by atoms with Crippen LogP contribution < -0.4 is 4.74 Å². The maximum Gasteiger partial charge on any atom is 0.280 e. The van der Waals surface area contributed by atoms with E-state index in [9.17, 15) is 10.1 Å². The van der Waals surface area contributed by atoms with Gasteiger partial charge in [-0.2, -0.15) is 4.98 Å². The van der Waals surface area contributed by atoms with E-state index in [1.165, 1.54) is 6.07 Å². The predicted octanol–water partition coefficient (Wildman–Crippen LogP) is 1.77. The van der Waals surface area contributed by atoms with Crippen molar-refractivity contribution in [2.24, 2.45) is 0 Å². The maximum atomic E-state index is 10.9. The molecule has 1 aliphatic heterocycles. The van der Waals surface area contributed by atoms with Gasteiger partial charge in [-0.15, -0.1) is 0 Å². The first kappa shape index (κ1) is 9.76. The molecule has 86 valence electrons. The van der Waals surface area contributed by atoms with Crippen molar-refractivity contribution < 1.29 is 14.2 Å². The fourth-order valence-corrected chi connectivity index (χ4v) is 1.78. The summed E-state index contributed by atoms with van der Waals surface area (Å²) in [7, 11) is 0. The largest absolute Gasteiger partial charge is 0.475 e. The van der Waals surface area contributed by atoms with Crippen LogP contribution >= 0.6 is 0 Å². The van der Waals surface area contributed by atoms with E-state index in [-0.39, 0.29) is 11.6 Å². The Balaban J connectivity index is 2.07. The van der Waals surface area contributed by atoms with Gasteiger partial charge in [0.05, 0.1) is 4.92 Å².